The molecule has 3 unspecified atom stereocenters. The molecule has 0 spiro atoms. The van der Waals surface area contributed by atoms with Crippen LogP contribution in [0, 0.1) is 11.3 Å². The summed E-state index contributed by atoms with van der Waals surface area (Å²) in [6, 6.07) is 8.08. The van der Waals surface area contributed by atoms with E-state index in [0.717, 1.165) is 19.3 Å². The molecule has 3 rings (SSSR count). The highest BCUT2D eigenvalue weighted by atomic mass is 16.2. The van der Waals surface area contributed by atoms with Gasteiger partial charge >= 0.3 is 0 Å². The summed E-state index contributed by atoms with van der Waals surface area (Å²) in [5.41, 5.74) is 0.197. The van der Waals surface area contributed by atoms with E-state index < -0.39 is 11.5 Å². The van der Waals surface area contributed by atoms with Crippen LogP contribution in [-0.4, -0.2) is 60.4 Å². The van der Waals surface area contributed by atoms with Crippen LogP contribution >= 0.6 is 0 Å². The lowest BCUT2D eigenvalue weighted by Crippen LogP contribution is -2.60. The van der Waals surface area contributed by atoms with Crippen molar-refractivity contribution in [2.24, 2.45) is 11.3 Å². The van der Waals surface area contributed by atoms with Gasteiger partial charge in [0.05, 0.1) is 12.1 Å². The lowest BCUT2D eigenvalue weighted by molar-refractivity contribution is -0.141. The minimum absolute atomic E-state index is 0.0244. The number of hydrogen-bond donors (Lipinski definition) is 3. The van der Waals surface area contributed by atoms with E-state index in [-0.39, 0.29) is 35.8 Å². The normalized spacial score (nSPS) is 24.9. The Bertz CT molecular complexity index is 805. The molecule has 2 aliphatic rings. The van der Waals surface area contributed by atoms with Crippen LogP contribution in [0.2, 0.25) is 0 Å². The van der Waals surface area contributed by atoms with Crippen LogP contribution in [0.3, 0.4) is 0 Å². The summed E-state index contributed by atoms with van der Waals surface area (Å²) in [5, 5.41) is 9.06. The highest BCUT2D eigenvalue weighted by Crippen LogP contribution is 2.39. The Hall–Kier alpha value is -2.41. The molecule has 1 aliphatic heterocycles. The van der Waals surface area contributed by atoms with Gasteiger partial charge in [-0.15, -0.1) is 0 Å². The van der Waals surface area contributed by atoms with Crippen molar-refractivity contribution in [1.82, 2.24) is 20.9 Å². The van der Waals surface area contributed by atoms with Gasteiger partial charge in [0.15, 0.2) is 0 Å². The number of nitrogens with one attached hydrogen (secondary N) is 3. The molecule has 3 amide bonds. The van der Waals surface area contributed by atoms with Crippen molar-refractivity contribution in [3.8, 4) is 0 Å². The van der Waals surface area contributed by atoms with Gasteiger partial charge in [0, 0.05) is 18.2 Å². The Labute approximate surface area is 185 Å². The van der Waals surface area contributed by atoms with Crippen LogP contribution in [0.4, 0.5) is 0 Å². The first kappa shape index (κ1) is 23.3. The number of carbonyl (C=O) groups is 3. The third-order valence-corrected chi connectivity index (χ3v) is 6.71. The van der Waals surface area contributed by atoms with Gasteiger partial charge in [-0.1, -0.05) is 39.0 Å². The number of fused-ring (bicyclic) bond motifs is 1. The number of hydrogen-bond acceptors (Lipinski definition) is 4. The van der Waals surface area contributed by atoms with Crippen LogP contribution < -0.4 is 16.0 Å². The van der Waals surface area contributed by atoms with Crippen LogP contribution in [0.1, 0.15) is 57.3 Å². The molecule has 1 aliphatic carbocycles. The van der Waals surface area contributed by atoms with E-state index in [1.54, 1.807) is 26.1 Å². The Balaban J connectivity index is 1.76. The summed E-state index contributed by atoms with van der Waals surface area (Å²) in [6.07, 6.45) is 2.80. The van der Waals surface area contributed by atoms with Crippen molar-refractivity contribution >= 4 is 17.7 Å². The van der Waals surface area contributed by atoms with Crippen LogP contribution in [0.25, 0.3) is 0 Å². The number of likely N-dealkylation sites (N-methyl/N-ethyl adjacent to an activating group) is 1. The van der Waals surface area contributed by atoms with E-state index in [4.69, 9.17) is 0 Å². The average Bonchev–Trinajstić information content (AvgIpc) is 3.33. The minimum Gasteiger partial charge on any atom is -0.347 e. The number of likely N-dealkylation sites (tertiary alicyclic amines) is 1. The maximum absolute atomic E-state index is 13.7. The second-order valence-corrected chi connectivity index (χ2v) is 9.91. The minimum atomic E-state index is -0.624. The summed E-state index contributed by atoms with van der Waals surface area (Å²) in [7, 11) is 1.72. The number of benzene rings is 1. The first-order chi connectivity index (χ1) is 14.6. The van der Waals surface area contributed by atoms with Crippen LogP contribution in [-0.2, 0) is 9.59 Å². The van der Waals surface area contributed by atoms with Crippen molar-refractivity contribution in [1.29, 1.82) is 0 Å². The van der Waals surface area contributed by atoms with Gasteiger partial charge in [0.25, 0.3) is 5.91 Å². The molecule has 7 heteroatoms. The van der Waals surface area contributed by atoms with Gasteiger partial charge in [0.2, 0.25) is 11.8 Å². The zero-order chi connectivity index (χ0) is 22.8. The quantitative estimate of drug-likeness (QED) is 0.646. The van der Waals surface area contributed by atoms with E-state index in [2.05, 4.69) is 16.0 Å². The molecule has 31 heavy (non-hydrogen) atoms. The third kappa shape index (κ3) is 5.09. The molecule has 170 valence electrons. The van der Waals surface area contributed by atoms with E-state index in [9.17, 15) is 14.4 Å². The molecular formula is C24H36N4O3. The second-order valence-electron chi connectivity index (χ2n) is 9.91. The molecule has 0 radical (unpaired) electrons. The molecule has 0 aromatic heterocycles. The SMILES string of the molecule is CN[C@@H](C)C(=O)N[C@H](C(=O)N1CCC2CCC(NC(=O)c3ccccc3)C21)C(C)(C)C. The monoisotopic (exact) mass is 428 g/mol. The molecule has 3 N–H and O–H groups in total. The fourth-order valence-corrected chi connectivity index (χ4v) is 4.77. The van der Waals surface area contributed by atoms with Gasteiger partial charge in [-0.05, 0) is 56.7 Å². The molecule has 1 aromatic carbocycles. The Morgan fingerprint density at radius 2 is 1.74 bits per heavy atom. The first-order valence-electron chi connectivity index (χ1n) is 11.3. The Morgan fingerprint density at radius 3 is 2.35 bits per heavy atom. The van der Waals surface area contributed by atoms with E-state index >= 15 is 0 Å². The first-order valence-corrected chi connectivity index (χ1v) is 11.3. The average molecular weight is 429 g/mol. The van der Waals surface area contributed by atoms with Gasteiger partial charge in [-0.3, -0.25) is 14.4 Å². The van der Waals surface area contributed by atoms with E-state index in [0.29, 0.717) is 18.0 Å². The van der Waals surface area contributed by atoms with E-state index in [1.165, 1.54) is 0 Å². The van der Waals surface area contributed by atoms with E-state index in [1.807, 2.05) is 43.9 Å². The summed E-state index contributed by atoms with van der Waals surface area (Å²) >= 11 is 0. The predicted octanol–water partition coefficient (Wildman–Crippen LogP) is 1.93. The highest BCUT2D eigenvalue weighted by Gasteiger charge is 2.49. The number of nitrogens with zero attached hydrogens (tertiary/aromatic N) is 1. The van der Waals surface area contributed by atoms with Crippen LogP contribution in [0.15, 0.2) is 30.3 Å². The molecule has 2 fully saturated rings. The number of amides is 3. The largest absolute Gasteiger partial charge is 0.347 e. The second kappa shape index (κ2) is 9.39. The number of carbonyl (C=O) groups excluding carboxylic acids is 3. The van der Waals surface area contributed by atoms with Gasteiger partial charge in [-0.2, -0.15) is 0 Å². The number of rotatable bonds is 6. The lowest BCUT2D eigenvalue weighted by atomic mass is 9.85. The molecule has 1 saturated carbocycles. The molecule has 1 aromatic rings. The molecule has 5 atom stereocenters. The zero-order valence-electron chi connectivity index (χ0n) is 19.3. The highest BCUT2D eigenvalue weighted by molar-refractivity contribution is 5.94. The maximum atomic E-state index is 13.7. The summed E-state index contributed by atoms with van der Waals surface area (Å²) < 4.78 is 0. The fraction of sp³-hybridized carbons (Fsp3) is 0.625. The van der Waals surface area contributed by atoms with Gasteiger partial charge in [0.1, 0.15) is 6.04 Å². The topological polar surface area (TPSA) is 90.5 Å². The zero-order valence-corrected chi connectivity index (χ0v) is 19.3. The Morgan fingerprint density at radius 1 is 1.06 bits per heavy atom. The summed E-state index contributed by atoms with van der Waals surface area (Å²) in [6.45, 7) is 8.34. The smallest absolute Gasteiger partial charge is 0.251 e. The third-order valence-electron chi connectivity index (χ3n) is 6.71. The molecule has 1 heterocycles. The van der Waals surface area contributed by atoms with Gasteiger partial charge < -0.3 is 20.9 Å². The van der Waals surface area contributed by atoms with Crippen LogP contribution in [0.5, 0.6) is 0 Å². The predicted molar refractivity (Wildman–Crippen MR) is 120 cm³/mol. The van der Waals surface area contributed by atoms with Gasteiger partial charge in [-0.25, -0.2) is 0 Å². The molecule has 0 bridgehead atoms. The van der Waals surface area contributed by atoms with Crippen molar-refractivity contribution in [3.63, 3.8) is 0 Å². The summed E-state index contributed by atoms with van der Waals surface area (Å²) in [4.78, 5) is 40.8. The summed E-state index contributed by atoms with van der Waals surface area (Å²) in [5.74, 6) is 0.0380. The molecular weight excluding hydrogens is 392 g/mol. The standard InChI is InChI=1S/C24H36N4O3/c1-15(25-5)21(29)27-20(24(2,3)4)23(31)28-14-13-16-11-12-18(19(16)28)26-22(30)17-9-7-6-8-10-17/h6-10,15-16,18-20,25H,11-14H2,1-5H3,(H,26,30)(H,27,29)/t15-,16?,18?,19?,20+/m0/s1. The van der Waals surface area contributed by atoms with Crippen molar-refractivity contribution in [2.75, 3.05) is 13.6 Å². The lowest BCUT2D eigenvalue weighted by Gasteiger charge is -2.37. The maximum Gasteiger partial charge on any atom is 0.251 e. The Kier molecular flexibility index (Phi) is 7.04. The fourth-order valence-electron chi connectivity index (χ4n) is 4.77. The molecule has 1 saturated heterocycles. The molecule has 7 nitrogen and oxygen atoms in total. The van der Waals surface area contributed by atoms with Crippen molar-refractivity contribution < 1.29 is 14.4 Å². The van der Waals surface area contributed by atoms with Crippen molar-refractivity contribution in [3.05, 3.63) is 35.9 Å². The van der Waals surface area contributed by atoms with Crippen molar-refractivity contribution in [2.45, 2.75) is 71.1 Å².